The Morgan fingerprint density at radius 3 is 2.71 bits per heavy atom. The number of amides is 1. The van der Waals surface area contributed by atoms with Gasteiger partial charge in [0.25, 0.3) is 5.91 Å². The molecule has 4 aromatic rings. The van der Waals surface area contributed by atoms with Gasteiger partial charge in [-0.2, -0.15) is 5.10 Å². The van der Waals surface area contributed by atoms with E-state index in [-0.39, 0.29) is 22.1 Å². The lowest BCUT2D eigenvalue weighted by atomic mass is 10.2. The normalized spacial score (nSPS) is 11.7. The number of nitrogens with zero attached hydrogens (tertiary/aromatic N) is 4. The van der Waals surface area contributed by atoms with Gasteiger partial charge in [-0.15, -0.1) is 0 Å². The number of halogens is 1. The monoisotopic (exact) mass is 474 g/mol. The highest BCUT2D eigenvalue weighted by atomic mass is 35.5. The lowest BCUT2D eigenvalue weighted by Gasteiger charge is -2.20. The highest BCUT2D eigenvalue weighted by Gasteiger charge is 2.23. The summed E-state index contributed by atoms with van der Waals surface area (Å²) in [6.07, 6.45) is 3.48. The molecule has 1 amide bonds. The molecule has 0 radical (unpaired) electrons. The van der Waals surface area contributed by atoms with Crippen LogP contribution in [0.25, 0.3) is 10.2 Å². The van der Waals surface area contributed by atoms with E-state index in [0.717, 1.165) is 4.70 Å². The summed E-state index contributed by atoms with van der Waals surface area (Å²) in [4.78, 5) is 19.7. The molecule has 0 saturated carbocycles. The Bertz CT molecular complexity index is 1330. The number of hydrogen-bond donors (Lipinski definition) is 0. The average molecular weight is 475 g/mol. The van der Waals surface area contributed by atoms with E-state index in [2.05, 4.69) is 10.1 Å². The Morgan fingerprint density at radius 1 is 1.19 bits per heavy atom. The van der Waals surface area contributed by atoms with Crippen LogP contribution in [0.1, 0.15) is 17.3 Å². The number of carbonyl (C=O) groups excluding carboxylic acids is 1. The molecular formula is C21H19ClN4O3S2. The van der Waals surface area contributed by atoms with Crippen molar-refractivity contribution in [2.45, 2.75) is 18.4 Å². The number of rotatable bonds is 7. The number of sulfone groups is 1. The van der Waals surface area contributed by atoms with Gasteiger partial charge < -0.3 is 0 Å². The van der Waals surface area contributed by atoms with Gasteiger partial charge in [0.2, 0.25) is 0 Å². The first-order chi connectivity index (χ1) is 14.9. The molecule has 0 saturated heterocycles. The summed E-state index contributed by atoms with van der Waals surface area (Å²) in [6, 6.07) is 13.4. The number of benzene rings is 2. The summed E-state index contributed by atoms with van der Waals surface area (Å²) in [5.41, 5.74) is 0.906. The standard InChI is InChI=1S/C21H19ClN4O3S2/c1-2-31(28,29)16-7-3-6-15(14-16)20(27)26(13-12-25-11-5-10-23-25)21-24-19-17(22)8-4-9-18(19)30-21/h3-11,14H,2,12-13H2,1H3. The zero-order valence-corrected chi connectivity index (χ0v) is 19.0. The third-order valence-electron chi connectivity index (χ3n) is 4.77. The molecular weight excluding hydrogens is 456 g/mol. The molecule has 0 fully saturated rings. The molecule has 10 heteroatoms. The second-order valence-electron chi connectivity index (χ2n) is 6.74. The Hall–Kier alpha value is -2.75. The molecule has 0 N–H and O–H groups in total. The van der Waals surface area contributed by atoms with Gasteiger partial charge in [0.15, 0.2) is 15.0 Å². The Labute approximate surface area is 188 Å². The minimum Gasteiger partial charge on any atom is -0.282 e. The summed E-state index contributed by atoms with van der Waals surface area (Å²) < 4.78 is 27.2. The van der Waals surface area contributed by atoms with Gasteiger partial charge in [0, 0.05) is 24.5 Å². The summed E-state index contributed by atoms with van der Waals surface area (Å²) in [5.74, 6) is -0.375. The van der Waals surface area contributed by atoms with Crippen molar-refractivity contribution in [1.82, 2.24) is 14.8 Å². The van der Waals surface area contributed by atoms with Crippen LogP contribution in [0.5, 0.6) is 0 Å². The van der Waals surface area contributed by atoms with Crippen molar-refractivity contribution in [2.24, 2.45) is 0 Å². The molecule has 7 nitrogen and oxygen atoms in total. The van der Waals surface area contributed by atoms with Crippen molar-refractivity contribution in [1.29, 1.82) is 0 Å². The summed E-state index contributed by atoms with van der Waals surface area (Å²) in [6.45, 7) is 2.34. The number of anilines is 1. The maximum Gasteiger partial charge on any atom is 0.260 e. The van der Waals surface area contributed by atoms with Crippen molar-refractivity contribution >= 4 is 54.0 Å². The van der Waals surface area contributed by atoms with E-state index >= 15 is 0 Å². The topological polar surface area (TPSA) is 85.2 Å². The van der Waals surface area contributed by atoms with E-state index in [1.807, 2.05) is 24.4 Å². The van der Waals surface area contributed by atoms with Crippen LogP contribution in [0.2, 0.25) is 5.02 Å². The quantitative estimate of drug-likeness (QED) is 0.399. The van der Waals surface area contributed by atoms with Gasteiger partial charge in [0.05, 0.1) is 26.9 Å². The third-order valence-corrected chi connectivity index (χ3v) is 7.85. The van der Waals surface area contributed by atoms with Crippen molar-refractivity contribution < 1.29 is 13.2 Å². The number of para-hydroxylation sites is 1. The molecule has 4 rings (SSSR count). The van der Waals surface area contributed by atoms with Crippen molar-refractivity contribution in [2.75, 3.05) is 17.2 Å². The first kappa shape index (κ1) is 21.5. The van der Waals surface area contributed by atoms with Crippen LogP contribution in [0.4, 0.5) is 5.13 Å². The van der Waals surface area contributed by atoms with Crippen LogP contribution in [-0.2, 0) is 16.4 Å². The molecule has 0 aliphatic heterocycles. The zero-order chi connectivity index (χ0) is 22.0. The van der Waals surface area contributed by atoms with E-state index in [0.29, 0.717) is 28.8 Å². The predicted molar refractivity (Wildman–Crippen MR) is 123 cm³/mol. The Kier molecular flexibility index (Phi) is 6.08. The molecule has 0 aliphatic carbocycles. The van der Waals surface area contributed by atoms with Crippen LogP contribution < -0.4 is 4.90 Å². The molecule has 0 atom stereocenters. The van der Waals surface area contributed by atoms with Gasteiger partial charge in [0.1, 0.15) is 5.52 Å². The fraction of sp³-hybridized carbons (Fsp3) is 0.190. The summed E-state index contributed by atoms with van der Waals surface area (Å²) >= 11 is 7.63. The molecule has 0 bridgehead atoms. The van der Waals surface area contributed by atoms with Crippen molar-refractivity contribution in [3.05, 3.63) is 71.5 Å². The molecule has 160 valence electrons. The van der Waals surface area contributed by atoms with E-state index < -0.39 is 9.84 Å². The average Bonchev–Trinajstić information content (AvgIpc) is 3.44. The number of aromatic nitrogens is 3. The van der Waals surface area contributed by atoms with Gasteiger partial charge in [-0.05, 0) is 36.4 Å². The van der Waals surface area contributed by atoms with Gasteiger partial charge >= 0.3 is 0 Å². The first-order valence-corrected chi connectivity index (χ1v) is 12.4. The lowest BCUT2D eigenvalue weighted by Crippen LogP contribution is -2.34. The van der Waals surface area contributed by atoms with Gasteiger partial charge in [-0.3, -0.25) is 14.4 Å². The Morgan fingerprint density at radius 2 is 2.00 bits per heavy atom. The van der Waals surface area contributed by atoms with E-state index in [1.165, 1.54) is 23.5 Å². The number of fused-ring (bicyclic) bond motifs is 1. The zero-order valence-electron chi connectivity index (χ0n) is 16.6. The van der Waals surface area contributed by atoms with Crippen molar-refractivity contribution in [3.8, 4) is 0 Å². The minimum absolute atomic E-state index is 0.0377. The molecule has 0 unspecified atom stereocenters. The summed E-state index contributed by atoms with van der Waals surface area (Å²) in [7, 11) is -3.43. The molecule has 2 heterocycles. The first-order valence-electron chi connectivity index (χ1n) is 9.56. The van der Waals surface area contributed by atoms with Crippen LogP contribution in [-0.4, -0.2) is 41.4 Å². The maximum absolute atomic E-state index is 13.5. The van der Waals surface area contributed by atoms with Gasteiger partial charge in [-0.25, -0.2) is 13.4 Å². The number of hydrogen-bond acceptors (Lipinski definition) is 6. The van der Waals surface area contributed by atoms with Gasteiger partial charge in [-0.1, -0.05) is 42.0 Å². The largest absolute Gasteiger partial charge is 0.282 e. The van der Waals surface area contributed by atoms with Crippen LogP contribution in [0.3, 0.4) is 0 Å². The highest BCUT2D eigenvalue weighted by molar-refractivity contribution is 7.91. The summed E-state index contributed by atoms with van der Waals surface area (Å²) in [5, 5.41) is 5.19. The fourth-order valence-corrected chi connectivity index (χ4v) is 5.30. The number of thiazole rings is 1. The third kappa shape index (κ3) is 4.48. The number of carbonyl (C=O) groups is 1. The minimum atomic E-state index is -3.43. The van der Waals surface area contributed by atoms with Crippen LogP contribution in [0.15, 0.2) is 65.8 Å². The lowest BCUT2D eigenvalue weighted by molar-refractivity contribution is 0.0985. The fourth-order valence-electron chi connectivity index (χ4n) is 3.08. The predicted octanol–water partition coefficient (Wildman–Crippen LogP) is 4.29. The molecule has 0 spiro atoms. The van der Waals surface area contributed by atoms with E-state index in [4.69, 9.17) is 11.6 Å². The smallest absolute Gasteiger partial charge is 0.260 e. The van der Waals surface area contributed by atoms with E-state index in [1.54, 1.807) is 40.9 Å². The van der Waals surface area contributed by atoms with Crippen LogP contribution >= 0.6 is 22.9 Å². The second-order valence-corrected chi connectivity index (χ2v) is 10.4. The molecule has 0 aliphatic rings. The second kappa shape index (κ2) is 8.78. The molecule has 31 heavy (non-hydrogen) atoms. The SMILES string of the molecule is CCS(=O)(=O)c1cccc(C(=O)N(CCn2cccn2)c2nc3c(Cl)cccc3s2)c1. The molecule has 2 aromatic heterocycles. The highest BCUT2D eigenvalue weighted by Crippen LogP contribution is 2.33. The van der Waals surface area contributed by atoms with E-state index in [9.17, 15) is 13.2 Å². The molecule has 2 aromatic carbocycles. The van der Waals surface area contributed by atoms with Crippen molar-refractivity contribution in [3.63, 3.8) is 0 Å². The maximum atomic E-state index is 13.5. The van der Waals surface area contributed by atoms with Crippen LogP contribution in [0, 0.1) is 0 Å². The Balaban J connectivity index is 1.73.